The number of nitrogens with zero attached hydrogens (tertiary/aromatic N) is 2. The van der Waals surface area contributed by atoms with E-state index in [1.165, 1.54) is 0 Å². The van der Waals surface area contributed by atoms with Gasteiger partial charge >= 0.3 is 22.7 Å². The third-order valence-corrected chi connectivity index (χ3v) is 2.71. The van der Waals surface area contributed by atoms with Crippen LogP contribution in [0.4, 0.5) is 0 Å². The van der Waals surface area contributed by atoms with Gasteiger partial charge in [-0.3, -0.25) is 9.11 Å². The van der Waals surface area contributed by atoms with Crippen molar-refractivity contribution in [2.24, 2.45) is 0 Å². The molecule has 0 bridgehead atoms. The summed E-state index contributed by atoms with van der Waals surface area (Å²) in [5.74, 6) is 0. The predicted octanol–water partition coefficient (Wildman–Crippen LogP) is -0.0296. The molecule has 0 heterocycles. The first-order chi connectivity index (χ1) is 11.1. The fraction of sp³-hybridized carbons (Fsp3) is 0.917. The van der Waals surface area contributed by atoms with E-state index in [1.807, 2.05) is 46.9 Å². The standard InChI is InChI=1S/C8H19NO2.C4H9NO.H2O5S2/c1-5-10-8(11-6-2)7-9(3)4;1-5(2)3-4-6;1-6(2)5-7(3)4/h8H,5-7H2,1-4H3;4H,3H2,1-2H3;(H,1,2)(H,3,4). The van der Waals surface area contributed by atoms with Crippen LogP contribution in [0, 0.1) is 0 Å². The van der Waals surface area contributed by atoms with Crippen LogP contribution < -0.4 is 0 Å². The zero-order valence-electron chi connectivity index (χ0n) is 15.0. The first kappa shape index (κ1) is 28.5. The summed E-state index contributed by atoms with van der Waals surface area (Å²) in [4.78, 5) is 13.4. The maximum absolute atomic E-state index is 9.57. The highest BCUT2D eigenvalue weighted by atomic mass is 32.3. The third kappa shape index (κ3) is 33.3. The molecule has 2 N–H and O–H groups in total. The van der Waals surface area contributed by atoms with Crippen LogP contribution in [0.3, 0.4) is 0 Å². The summed E-state index contributed by atoms with van der Waals surface area (Å²) >= 11 is -5.29. The van der Waals surface area contributed by atoms with Gasteiger partial charge in [-0.05, 0) is 42.0 Å². The number of carbonyl (C=O) groups is 1. The minimum absolute atomic E-state index is 0.0694. The molecular weight excluding hydrogens is 364 g/mol. The Labute approximate surface area is 149 Å². The van der Waals surface area contributed by atoms with Crippen molar-refractivity contribution in [1.29, 1.82) is 0 Å². The van der Waals surface area contributed by atoms with E-state index in [9.17, 15) is 13.2 Å². The highest BCUT2D eigenvalue weighted by Crippen LogP contribution is 1.95. The lowest BCUT2D eigenvalue weighted by molar-refractivity contribution is -0.143. The largest absolute Gasteiger partial charge is 0.352 e. The molecule has 10 nitrogen and oxygen atoms in total. The second kappa shape index (κ2) is 20.7. The minimum atomic E-state index is -2.65. The average molecular weight is 395 g/mol. The van der Waals surface area contributed by atoms with E-state index in [0.29, 0.717) is 19.8 Å². The van der Waals surface area contributed by atoms with Crippen molar-refractivity contribution < 1.29 is 35.4 Å². The molecule has 24 heavy (non-hydrogen) atoms. The van der Waals surface area contributed by atoms with Crippen molar-refractivity contribution in [1.82, 2.24) is 9.80 Å². The average Bonchev–Trinajstić information content (AvgIpc) is 2.38. The molecule has 0 saturated heterocycles. The highest BCUT2D eigenvalue weighted by molar-refractivity contribution is 7.87. The summed E-state index contributed by atoms with van der Waals surface area (Å²) < 4.78 is 47.9. The van der Waals surface area contributed by atoms with Gasteiger partial charge in [0.05, 0.1) is 6.54 Å². The second-order valence-corrected chi connectivity index (χ2v) is 5.95. The Morgan fingerprint density at radius 1 is 0.958 bits per heavy atom. The van der Waals surface area contributed by atoms with Crippen LogP contribution in [0.2, 0.25) is 0 Å². The molecule has 0 fully saturated rings. The Balaban J connectivity index is -0.000000294. The number of carbonyl (C=O) groups excluding carboxylic acids is 1. The molecule has 0 aliphatic heterocycles. The Bertz CT molecular complexity index is 314. The topological polar surface area (TPSA) is 126 Å². The van der Waals surface area contributed by atoms with Gasteiger partial charge in [0.15, 0.2) is 6.29 Å². The first-order valence-electron chi connectivity index (χ1n) is 6.97. The Morgan fingerprint density at radius 3 is 1.50 bits per heavy atom. The van der Waals surface area contributed by atoms with Crippen LogP contribution in [-0.2, 0) is 40.6 Å². The van der Waals surface area contributed by atoms with Gasteiger partial charge < -0.3 is 24.1 Å². The van der Waals surface area contributed by atoms with E-state index in [2.05, 4.69) is 8.53 Å². The zero-order chi connectivity index (χ0) is 19.5. The molecule has 0 unspecified atom stereocenters. The van der Waals surface area contributed by atoms with Crippen molar-refractivity contribution in [3.05, 3.63) is 0 Å². The molecule has 0 atom stereocenters. The van der Waals surface area contributed by atoms with E-state index in [-0.39, 0.29) is 6.29 Å². The molecular formula is C12H30N2O8S2. The maximum Gasteiger partial charge on any atom is 0.317 e. The van der Waals surface area contributed by atoms with E-state index in [4.69, 9.17) is 18.6 Å². The quantitative estimate of drug-likeness (QED) is 0.296. The monoisotopic (exact) mass is 394 g/mol. The van der Waals surface area contributed by atoms with Crippen LogP contribution in [-0.4, -0.2) is 94.4 Å². The van der Waals surface area contributed by atoms with E-state index in [0.717, 1.165) is 12.8 Å². The zero-order valence-corrected chi connectivity index (χ0v) is 16.7. The van der Waals surface area contributed by atoms with Crippen molar-refractivity contribution in [3.8, 4) is 0 Å². The first-order valence-corrected chi connectivity index (χ1v) is 9.03. The number of aldehydes is 1. The van der Waals surface area contributed by atoms with Gasteiger partial charge in [0, 0.05) is 19.8 Å². The fourth-order valence-corrected chi connectivity index (χ4v) is 1.42. The number of hydrogen-bond donors (Lipinski definition) is 2. The molecule has 0 rings (SSSR count). The Kier molecular flexibility index (Phi) is 24.6. The molecule has 0 aromatic heterocycles. The van der Waals surface area contributed by atoms with Crippen LogP contribution in [0.1, 0.15) is 13.8 Å². The summed E-state index contributed by atoms with van der Waals surface area (Å²) in [7, 11) is 7.72. The molecule has 0 aromatic rings. The van der Waals surface area contributed by atoms with E-state index in [1.54, 1.807) is 0 Å². The molecule has 0 saturated carbocycles. The molecule has 0 aliphatic rings. The maximum atomic E-state index is 9.57. The number of rotatable bonds is 10. The Morgan fingerprint density at radius 2 is 1.38 bits per heavy atom. The smallest absolute Gasteiger partial charge is 0.317 e. The fourth-order valence-electron chi connectivity index (χ4n) is 1.02. The SMILES string of the molecule is CCOC(CN(C)C)OCC.CN(C)CC=O.O=S(O)OS(=O)O. The van der Waals surface area contributed by atoms with Crippen molar-refractivity contribution in [2.45, 2.75) is 20.1 Å². The number of likely N-dealkylation sites (N-methyl/N-ethyl adjacent to an activating group) is 2. The number of hydrogen-bond acceptors (Lipinski definition) is 8. The van der Waals surface area contributed by atoms with Gasteiger partial charge in [-0.2, -0.15) is 8.42 Å². The molecule has 148 valence electrons. The van der Waals surface area contributed by atoms with Crippen molar-refractivity contribution in [2.75, 3.05) is 54.5 Å². The molecule has 0 amide bonds. The second-order valence-electron chi connectivity index (χ2n) is 4.53. The van der Waals surface area contributed by atoms with Crippen LogP contribution in [0.25, 0.3) is 0 Å². The lowest BCUT2D eigenvalue weighted by Gasteiger charge is -2.20. The lowest BCUT2D eigenvalue weighted by atomic mass is 10.5. The molecule has 0 radical (unpaired) electrons. The van der Waals surface area contributed by atoms with Crippen LogP contribution >= 0.6 is 0 Å². The molecule has 0 spiro atoms. The summed E-state index contributed by atoms with van der Waals surface area (Å²) in [6.45, 7) is 6.71. The van der Waals surface area contributed by atoms with E-state index < -0.39 is 22.7 Å². The molecule has 0 aliphatic carbocycles. The summed E-state index contributed by atoms with van der Waals surface area (Å²) in [6, 6.07) is 0. The summed E-state index contributed by atoms with van der Waals surface area (Å²) in [6.07, 6.45) is 0.806. The van der Waals surface area contributed by atoms with Gasteiger partial charge in [0.25, 0.3) is 0 Å². The third-order valence-electron chi connectivity index (χ3n) is 1.78. The molecule has 12 heteroatoms. The van der Waals surface area contributed by atoms with E-state index >= 15 is 0 Å². The van der Waals surface area contributed by atoms with Gasteiger partial charge in [-0.15, -0.1) is 3.63 Å². The van der Waals surface area contributed by atoms with Crippen molar-refractivity contribution in [3.63, 3.8) is 0 Å². The van der Waals surface area contributed by atoms with Crippen LogP contribution in [0.5, 0.6) is 0 Å². The lowest BCUT2D eigenvalue weighted by Crippen LogP contribution is -2.30. The normalized spacial score (nSPS) is 13.0. The van der Waals surface area contributed by atoms with Gasteiger partial charge in [-0.1, -0.05) is 0 Å². The molecule has 0 aromatic carbocycles. The number of ether oxygens (including phenoxy) is 2. The minimum Gasteiger partial charge on any atom is -0.352 e. The summed E-state index contributed by atoms with van der Waals surface area (Å²) in [5, 5.41) is 0. The van der Waals surface area contributed by atoms with Crippen LogP contribution in [0.15, 0.2) is 0 Å². The summed E-state index contributed by atoms with van der Waals surface area (Å²) in [5.41, 5.74) is 0. The predicted molar refractivity (Wildman–Crippen MR) is 92.8 cm³/mol. The Hall–Kier alpha value is -0.310. The van der Waals surface area contributed by atoms with Gasteiger partial charge in [-0.25, -0.2) is 0 Å². The van der Waals surface area contributed by atoms with Crippen molar-refractivity contribution >= 4 is 29.0 Å². The van der Waals surface area contributed by atoms with Gasteiger partial charge in [0.1, 0.15) is 6.29 Å². The van der Waals surface area contributed by atoms with Gasteiger partial charge in [0.2, 0.25) is 0 Å². The highest BCUT2D eigenvalue weighted by Gasteiger charge is 2.07.